The smallest absolute Gasteiger partial charge is 0.233 e. The molecule has 0 bridgehead atoms. The number of aromatic nitrogens is 1. The van der Waals surface area contributed by atoms with Gasteiger partial charge in [0.25, 0.3) is 0 Å². The first-order valence-electron chi connectivity index (χ1n) is 9.86. The molecule has 0 unspecified atom stereocenters. The van der Waals surface area contributed by atoms with E-state index in [1.165, 1.54) is 0 Å². The van der Waals surface area contributed by atoms with Crippen LogP contribution in [0, 0.1) is 13.8 Å². The molecule has 0 radical (unpaired) electrons. The number of fused-ring (bicyclic) bond motifs is 1. The van der Waals surface area contributed by atoms with Crippen LogP contribution in [-0.4, -0.2) is 16.0 Å². The summed E-state index contributed by atoms with van der Waals surface area (Å²) in [7, 11) is 0. The lowest BCUT2D eigenvalue weighted by atomic mass is 9.72. The number of phenolic OH excluding ortho intramolecular Hbond substituents is 1. The summed E-state index contributed by atoms with van der Waals surface area (Å²) in [5.74, 6) is 0.910. The Balaban J connectivity index is 1.62. The minimum atomic E-state index is -0.166. The molecule has 29 heavy (non-hydrogen) atoms. The Labute approximate surface area is 169 Å². The van der Waals surface area contributed by atoms with Crippen molar-refractivity contribution in [3.63, 3.8) is 0 Å². The second-order valence-electron chi connectivity index (χ2n) is 8.00. The predicted octanol–water partition coefficient (Wildman–Crippen LogP) is 4.96. The molecule has 0 saturated carbocycles. The summed E-state index contributed by atoms with van der Waals surface area (Å²) in [6.07, 6.45) is 1.17. The molecule has 2 aromatic carbocycles. The molecule has 3 aromatic rings. The number of phenols is 1. The largest absolute Gasteiger partial charge is 0.508 e. The fourth-order valence-electron chi connectivity index (χ4n) is 4.64. The molecule has 1 aromatic heterocycles. The van der Waals surface area contributed by atoms with Crippen LogP contribution in [0.25, 0.3) is 0 Å². The lowest BCUT2D eigenvalue weighted by Gasteiger charge is -2.34. The monoisotopic (exact) mass is 386 g/mol. The van der Waals surface area contributed by atoms with Crippen molar-refractivity contribution in [2.45, 2.75) is 38.5 Å². The molecule has 146 valence electrons. The Morgan fingerprint density at radius 2 is 1.86 bits per heavy atom. The number of hydrogen-bond donors (Lipinski definition) is 2. The van der Waals surface area contributed by atoms with Crippen LogP contribution >= 0.6 is 0 Å². The van der Waals surface area contributed by atoms with E-state index in [4.69, 9.17) is 4.52 Å². The number of benzene rings is 2. The van der Waals surface area contributed by atoms with E-state index < -0.39 is 0 Å². The Kier molecular flexibility index (Phi) is 4.05. The average Bonchev–Trinajstić information content (AvgIpc) is 3.07. The third-order valence-corrected chi connectivity index (χ3v) is 6.00. The van der Waals surface area contributed by atoms with E-state index in [0.717, 1.165) is 39.2 Å². The highest BCUT2D eigenvalue weighted by Crippen LogP contribution is 2.49. The first-order chi connectivity index (χ1) is 14.0. The SMILES string of the molecule is Cc1cccc([C@@H]2C3=C(C[C@H](c4ccc(O)cc4)CC3=O)Nc3onc(C)c32)c1. The average molecular weight is 386 g/mol. The lowest BCUT2D eigenvalue weighted by Crippen LogP contribution is -2.29. The molecule has 1 aliphatic carbocycles. The number of Topliss-reactive ketones (excluding diaryl/α,β-unsaturated/α-hetero) is 1. The van der Waals surface area contributed by atoms with Crippen LogP contribution in [0.2, 0.25) is 0 Å². The molecule has 0 spiro atoms. The summed E-state index contributed by atoms with van der Waals surface area (Å²) in [6.45, 7) is 3.98. The summed E-state index contributed by atoms with van der Waals surface area (Å²) in [6, 6.07) is 15.4. The highest BCUT2D eigenvalue weighted by atomic mass is 16.5. The number of aromatic hydroxyl groups is 1. The lowest BCUT2D eigenvalue weighted by molar-refractivity contribution is -0.116. The zero-order valence-corrected chi connectivity index (χ0v) is 16.4. The van der Waals surface area contributed by atoms with Crippen molar-refractivity contribution >= 4 is 11.7 Å². The van der Waals surface area contributed by atoms with Gasteiger partial charge in [-0.25, -0.2) is 0 Å². The fraction of sp³-hybridized carbons (Fsp3) is 0.250. The van der Waals surface area contributed by atoms with Crippen LogP contribution in [-0.2, 0) is 4.79 Å². The summed E-state index contributed by atoms with van der Waals surface area (Å²) in [5.41, 5.74) is 6.78. The maximum atomic E-state index is 13.4. The molecule has 2 N–H and O–H groups in total. The van der Waals surface area contributed by atoms with Crippen molar-refractivity contribution in [1.82, 2.24) is 5.16 Å². The minimum Gasteiger partial charge on any atom is -0.508 e. The zero-order chi connectivity index (χ0) is 20.1. The molecule has 5 rings (SSSR count). The van der Waals surface area contributed by atoms with Crippen molar-refractivity contribution in [3.05, 3.63) is 87.7 Å². The van der Waals surface area contributed by atoms with Gasteiger partial charge in [-0.15, -0.1) is 0 Å². The van der Waals surface area contributed by atoms with Gasteiger partial charge in [-0.3, -0.25) is 4.79 Å². The van der Waals surface area contributed by atoms with E-state index in [-0.39, 0.29) is 23.4 Å². The molecule has 2 aliphatic rings. The van der Waals surface area contributed by atoms with E-state index in [1.807, 2.05) is 25.1 Å². The number of ketones is 1. The topological polar surface area (TPSA) is 75.4 Å². The van der Waals surface area contributed by atoms with Crippen molar-refractivity contribution in [2.75, 3.05) is 5.32 Å². The van der Waals surface area contributed by atoms with Gasteiger partial charge in [-0.2, -0.15) is 0 Å². The van der Waals surface area contributed by atoms with Gasteiger partial charge in [-0.05, 0) is 49.4 Å². The standard InChI is InChI=1S/C24H22N2O3/c1-13-4-3-5-16(10-13)22-21-14(2)26-29-24(21)25-19-11-17(12-20(28)23(19)22)15-6-8-18(27)9-7-15/h3-10,17,22,25,27H,11-12H2,1-2H3/t17-,22-/m0/s1. The molecule has 5 nitrogen and oxygen atoms in total. The predicted molar refractivity (Wildman–Crippen MR) is 110 cm³/mol. The summed E-state index contributed by atoms with van der Waals surface area (Å²) in [5, 5.41) is 17.1. The Bertz CT molecular complexity index is 1140. The number of anilines is 1. The first-order valence-corrected chi connectivity index (χ1v) is 9.86. The van der Waals surface area contributed by atoms with E-state index in [2.05, 4.69) is 35.6 Å². The van der Waals surface area contributed by atoms with E-state index in [9.17, 15) is 9.90 Å². The van der Waals surface area contributed by atoms with Crippen molar-refractivity contribution in [3.8, 4) is 5.75 Å². The van der Waals surface area contributed by atoms with Crippen molar-refractivity contribution < 1.29 is 14.4 Å². The van der Waals surface area contributed by atoms with Gasteiger partial charge in [0.05, 0.1) is 11.3 Å². The van der Waals surface area contributed by atoms with Gasteiger partial charge >= 0.3 is 0 Å². The summed E-state index contributed by atoms with van der Waals surface area (Å²) in [4.78, 5) is 13.4. The van der Waals surface area contributed by atoms with Crippen molar-refractivity contribution in [2.24, 2.45) is 0 Å². The Morgan fingerprint density at radius 1 is 1.07 bits per heavy atom. The summed E-state index contributed by atoms with van der Waals surface area (Å²) < 4.78 is 5.57. The second-order valence-corrected chi connectivity index (χ2v) is 8.00. The van der Waals surface area contributed by atoms with Crippen LogP contribution in [0.15, 0.2) is 64.3 Å². The van der Waals surface area contributed by atoms with Gasteiger partial charge in [0.1, 0.15) is 5.75 Å². The van der Waals surface area contributed by atoms with Crippen molar-refractivity contribution in [1.29, 1.82) is 0 Å². The minimum absolute atomic E-state index is 0.0677. The quantitative estimate of drug-likeness (QED) is 0.651. The number of carbonyl (C=O) groups is 1. The van der Waals surface area contributed by atoms with Crippen LogP contribution in [0.1, 0.15) is 52.6 Å². The third kappa shape index (κ3) is 2.94. The Hall–Kier alpha value is -3.34. The molecule has 0 saturated heterocycles. The van der Waals surface area contributed by atoms with Gasteiger partial charge in [0.2, 0.25) is 5.88 Å². The fourth-order valence-corrected chi connectivity index (χ4v) is 4.64. The molecule has 2 heterocycles. The number of aryl methyl sites for hydroxylation is 2. The van der Waals surface area contributed by atoms with E-state index >= 15 is 0 Å². The zero-order valence-electron chi connectivity index (χ0n) is 16.4. The van der Waals surface area contributed by atoms with Gasteiger partial charge in [0, 0.05) is 23.6 Å². The van der Waals surface area contributed by atoms with Crippen LogP contribution in [0.5, 0.6) is 5.75 Å². The van der Waals surface area contributed by atoms with E-state index in [0.29, 0.717) is 18.7 Å². The number of nitrogens with one attached hydrogen (secondary N) is 1. The molecule has 5 heteroatoms. The number of allylic oxidation sites excluding steroid dienone is 2. The molecule has 0 fully saturated rings. The number of rotatable bonds is 2. The highest BCUT2D eigenvalue weighted by molar-refractivity contribution is 6.01. The van der Waals surface area contributed by atoms with Crippen LogP contribution < -0.4 is 5.32 Å². The van der Waals surface area contributed by atoms with Gasteiger partial charge < -0.3 is 14.9 Å². The second kappa shape index (κ2) is 6.62. The first kappa shape index (κ1) is 17.7. The maximum absolute atomic E-state index is 13.4. The normalized spacial score (nSPS) is 20.8. The maximum Gasteiger partial charge on any atom is 0.233 e. The third-order valence-electron chi connectivity index (χ3n) is 6.00. The van der Waals surface area contributed by atoms with Crippen LogP contribution in [0.4, 0.5) is 5.88 Å². The number of nitrogens with zero attached hydrogens (tertiary/aromatic N) is 1. The molecule has 1 aliphatic heterocycles. The van der Waals surface area contributed by atoms with Crippen LogP contribution in [0.3, 0.4) is 0 Å². The molecular weight excluding hydrogens is 364 g/mol. The van der Waals surface area contributed by atoms with E-state index in [1.54, 1.807) is 12.1 Å². The van der Waals surface area contributed by atoms with Gasteiger partial charge in [0.15, 0.2) is 5.78 Å². The molecule has 2 atom stereocenters. The van der Waals surface area contributed by atoms with Gasteiger partial charge in [-0.1, -0.05) is 47.1 Å². The number of hydrogen-bond acceptors (Lipinski definition) is 5. The summed E-state index contributed by atoms with van der Waals surface area (Å²) >= 11 is 0. The molecule has 0 amide bonds. The Morgan fingerprint density at radius 3 is 2.62 bits per heavy atom. The highest BCUT2D eigenvalue weighted by Gasteiger charge is 2.41. The molecular formula is C24H22N2O3. The number of carbonyl (C=O) groups excluding carboxylic acids is 1.